The molecule has 83 valence electrons. The van der Waals surface area contributed by atoms with Crippen LogP contribution in [0.15, 0.2) is 29.2 Å². The van der Waals surface area contributed by atoms with E-state index in [0.717, 1.165) is 12.2 Å². The molecule has 0 amide bonds. The van der Waals surface area contributed by atoms with Crippen LogP contribution in [-0.4, -0.2) is 27.0 Å². The standard InChI is InChI=1S/C10H14NO2S2/c1-15(12,13)11-8-5-9-14-10-6-3-2-4-7-10/h3-4,6-7,11H,5,8-9H2,1H3. The van der Waals surface area contributed by atoms with Crippen LogP contribution < -0.4 is 4.72 Å². The highest BCUT2D eigenvalue weighted by Crippen LogP contribution is 2.16. The zero-order valence-electron chi connectivity index (χ0n) is 8.56. The summed E-state index contributed by atoms with van der Waals surface area (Å²) in [4.78, 5) is 1.19. The molecule has 0 aromatic heterocycles. The molecule has 1 rings (SSSR count). The summed E-state index contributed by atoms with van der Waals surface area (Å²) in [5.41, 5.74) is 0. The largest absolute Gasteiger partial charge is 0.215 e. The first kappa shape index (κ1) is 12.5. The Balaban J connectivity index is 2.13. The highest BCUT2D eigenvalue weighted by atomic mass is 32.2. The Bertz CT molecular complexity index is 376. The predicted octanol–water partition coefficient (Wildman–Crippen LogP) is 1.52. The smallest absolute Gasteiger partial charge is 0.208 e. The van der Waals surface area contributed by atoms with Crippen LogP contribution in [0.2, 0.25) is 0 Å². The second kappa shape index (κ2) is 6.15. The molecule has 0 bridgehead atoms. The van der Waals surface area contributed by atoms with Crippen LogP contribution in [-0.2, 0) is 10.0 Å². The average Bonchev–Trinajstić information content (AvgIpc) is 2.17. The highest BCUT2D eigenvalue weighted by molar-refractivity contribution is 7.99. The van der Waals surface area contributed by atoms with Gasteiger partial charge < -0.3 is 0 Å². The molecule has 0 aliphatic heterocycles. The summed E-state index contributed by atoms with van der Waals surface area (Å²) in [5, 5.41) is 0. The van der Waals surface area contributed by atoms with E-state index in [1.807, 2.05) is 24.3 Å². The van der Waals surface area contributed by atoms with Crippen molar-refractivity contribution in [1.29, 1.82) is 0 Å². The molecule has 1 radical (unpaired) electrons. The van der Waals surface area contributed by atoms with E-state index in [4.69, 9.17) is 0 Å². The Kier molecular flexibility index (Phi) is 5.14. The van der Waals surface area contributed by atoms with Gasteiger partial charge in [-0.15, -0.1) is 11.8 Å². The van der Waals surface area contributed by atoms with Crippen molar-refractivity contribution >= 4 is 21.8 Å². The molecule has 1 aromatic rings. The fourth-order valence-corrected chi connectivity index (χ4v) is 2.36. The molecule has 1 aromatic carbocycles. The summed E-state index contributed by atoms with van der Waals surface area (Å²) in [7, 11) is -3.03. The third-order valence-electron chi connectivity index (χ3n) is 1.64. The van der Waals surface area contributed by atoms with Crippen molar-refractivity contribution in [2.45, 2.75) is 11.3 Å². The van der Waals surface area contributed by atoms with Crippen LogP contribution in [0.1, 0.15) is 6.42 Å². The van der Waals surface area contributed by atoms with Crippen LogP contribution in [0.4, 0.5) is 0 Å². The van der Waals surface area contributed by atoms with Gasteiger partial charge in [-0.3, -0.25) is 0 Å². The first-order chi connectivity index (χ1) is 7.08. The van der Waals surface area contributed by atoms with Crippen LogP contribution in [0.5, 0.6) is 0 Å². The van der Waals surface area contributed by atoms with E-state index in [1.54, 1.807) is 11.8 Å². The number of rotatable bonds is 6. The van der Waals surface area contributed by atoms with E-state index in [2.05, 4.69) is 10.8 Å². The zero-order chi connectivity index (χ0) is 11.1. The molecular weight excluding hydrogens is 230 g/mol. The minimum Gasteiger partial charge on any atom is -0.215 e. The number of thioether (sulfide) groups is 1. The predicted molar refractivity (Wildman–Crippen MR) is 63.5 cm³/mol. The van der Waals surface area contributed by atoms with Gasteiger partial charge in [0.05, 0.1) is 6.26 Å². The monoisotopic (exact) mass is 244 g/mol. The molecule has 0 heterocycles. The zero-order valence-corrected chi connectivity index (χ0v) is 10.2. The second-order valence-electron chi connectivity index (χ2n) is 3.10. The molecule has 0 aliphatic rings. The van der Waals surface area contributed by atoms with Gasteiger partial charge in [-0.2, -0.15) is 0 Å². The molecule has 0 atom stereocenters. The van der Waals surface area contributed by atoms with E-state index in [-0.39, 0.29) is 0 Å². The topological polar surface area (TPSA) is 46.2 Å². The molecule has 0 aliphatic carbocycles. The van der Waals surface area contributed by atoms with E-state index in [0.29, 0.717) is 6.54 Å². The summed E-state index contributed by atoms with van der Waals surface area (Å²) >= 11 is 1.72. The highest BCUT2D eigenvalue weighted by Gasteiger charge is 1.98. The Morgan fingerprint density at radius 3 is 2.67 bits per heavy atom. The molecule has 15 heavy (non-hydrogen) atoms. The quantitative estimate of drug-likeness (QED) is 0.609. The van der Waals surface area contributed by atoms with Crippen molar-refractivity contribution in [3.8, 4) is 0 Å². The maximum atomic E-state index is 10.7. The van der Waals surface area contributed by atoms with Crippen LogP contribution in [0.25, 0.3) is 0 Å². The third kappa shape index (κ3) is 6.54. The lowest BCUT2D eigenvalue weighted by atomic mass is 10.4. The summed E-state index contributed by atoms with van der Waals surface area (Å²) in [6.45, 7) is 0.505. The molecule has 0 saturated carbocycles. The van der Waals surface area contributed by atoms with Gasteiger partial charge in [-0.25, -0.2) is 13.1 Å². The van der Waals surface area contributed by atoms with E-state index in [1.165, 1.54) is 11.2 Å². The molecule has 0 spiro atoms. The van der Waals surface area contributed by atoms with Crippen LogP contribution >= 0.6 is 11.8 Å². The van der Waals surface area contributed by atoms with E-state index < -0.39 is 10.0 Å². The Morgan fingerprint density at radius 2 is 2.07 bits per heavy atom. The molecule has 0 fully saturated rings. The molecule has 1 N–H and O–H groups in total. The Morgan fingerprint density at radius 1 is 1.40 bits per heavy atom. The normalized spacial score (nSPS) is 11.5. The number of hydrogen-bond donors (Lipinski definition) is 1. The fourth-order valence-electron chi connectivity index (χ4n) is 0.988. The van der Waals surface area contributed by atoms with Crippen molar-refractivity contribution in [1.82, 2.24) is 4.72 Å². The molecule has 0 unspecified atom stereocenters. The minimum atomic E-state index is -3.03. The van der Waals surface area contributed by atoms with Gasteiger partial charge in [-0.1, -0.05) is 12.1 Å². The molecular formula is C10H14NO2S2. The number of hydrogen-bond acceptors (Lipinski definition) is 3. The van der Waals surface area contributed by atoms with E-state index >= 15 is 0 Å². The maximum absolute atomic E-state index is 10.7. The number of nitrogens with one attached hydrogen (secondary N) is 1. The van der Waals surface area contributed by atoms with Crippen molar-refractivity contribution in [2.24, 2.45) is 0 Å². The Hall–Kier alpha value is -0.520. The van der Waals surface area contributed by atoms with Crippen LogP contribution in [0.3, 0.4) is 0 Å². The number of benzene rings is 1. The maximum Gasteiger partial charge on any atom is 0.208 e. The molecule has 0 saturated heterocycles. The van der Waals surface area contributed by atoms with Gasteiger partial charge in [0, 0.05) is 11.4 Å². The van der Waals surface area contributed by atoms with Crippen molar-refractivity contribution in [3.05, 3.63) is 30.3 Å². The molecule has 5 heteroatoms. The SMILES string of the molecule is CS(=O)(=O)NCCCSc1cc[c]cc1. The van der Waals surface area contributed by atoms with Gasteiger partial charge in [0.1, 0.15) is 0 Å². The van der Waals surface area contributed by atoms with Gasteiger partial charge >= 0.3 is 0 Å². The Labute approximate surface area is 95.3 Å². The second-order valence-corrected chi connectivity index (χ2v) is 6.11. The first-order valence-electron chi connectivity index (χ1n) is 4.61. The summed E-state index contributed by atoms with van der Waals surface area (Å²) in [6, 6.07) is 10.7. The fraction of sp³-hybridized carbons (Fsp3) is 0.400. The van der Waals surface area contributed by atoms with E-state index in [9.17, 15) is 8.42 Å². The summed E-state index contributed by atoms with van der Waals surface area (Å²) in [6.07, 6.45) is 2.00. The summed E-state index contributed by atoms with van der Waals surface area (Å²) < 4.78 is 23.9. The summed E-state index contributed by atoms with van der Waals surface area (Å²) in [5.74, 6) is 0.909. The van der Waals surface area contributed by atoms with Gasteiger partial charge in [-0.05, 0) is 30.4 Å². The average molecular weight is 244 g/mol. The first-order valence-corrected chi connectivity index (χ1v) is 7.49. The third-order valence-corrected chi connectivity index (χ3v) is 3.47. The van der Waals surface area contributed by atoms with Crippen molar-refractivity contribution in [3.63, 3.8) is 0 Å². The lowest BCUT2D eigenvalue weighted by Gasteiger charge is -2.02. The van der Waals surface area contributed by atoms with Gasteiger partial charge in [0.15, 0.2) is 0 Å². The lowest BCUT2D eigenvalue weighted by Crippen LogP contribution is -2.23. The van der Waals surface area contributed by atoms with Crippen molar-refractivity contribution < 1.29 is 8.42 Å². The molecule has 3 nitrogen and oxygen atoms in total. The van der Waals surface area contributed by atoms with Gasteiger partial charge in [0.2, 0.25) is 10.0 Å². The lowest BCUT2D eigenvalue weighted by molar-refractivity contribution is 0.587. The minimum absolute atomic E-state index is 0.505. The number of sulfonamides is 1. The van der Waals surface area contributed by atoms with Crippen LogP contribution in [0, 0.1) is 6.07 Å². The van der Waals surface area contributed by atoms with Crippen molar-refractivity contribution in [2.75, 3.05) is 18.6 Å². The van der Waals surface area contributed by atoms with Gasteiger partial charge in [0.25, 0.3) is 0 Å².